The number of carbonyl (C=O) groups is 1. The second kappa shape index (κ2) is 7.07. The Hall–Kier alpha value is -0.660. The topological polar surface area (TPSA) is 78.5 Å². The van der Waals surface area contributed by atoms with Gasteiger partial charge in [0.15, 0.2) is 0 Å². The maximum Gasteiger partial charge on any atom is 0.224 e. The molecule has 2 aliphatic heterocycles. The van der Waals surface area contributed by atoms with Crippen LogP contribution in [-0.4, -0.2) is 56.1 Å². The van der Waals surface area contributed by atoms with Crippen molar-refractivity contribution < 1.29 is 13.2 Å². The number of hydrogen-bond donors (Lipinski definition) is 2. The van der Waals surface area contributed by atoms with Gasteiger partial charge in [-0.1, -0.05) is 6.92 Å². The number of piperidine rings is 1. The second-order valence-corrected chi connectivity index (χ2v) is 8.22. The highest BCUT2D eigenvalue weighted by Crippen LogP contribution is 2.18. The minimum Gasteiger partial charge on any atom is -0.353 e. The van der Waals surface area contributed by atoms with Gasteiger partial charge in [-0.2, -0.15) is 0 Å². The van der Waals surface area contributed by atoms with Crippen LogP contribution < -0.4 is 10.6 Å². The van der Waals surface area contributed by atoms with E-state index in [0.29, 0.717) is 32.4 Å². The quantitative estimate of drug-likeness (QED) is 0.765. The predicted octanol–water partition coefficient (Wildman–Crippen LogP) is 0.305. The van der Waals surface area contributed by atoms with E-state index < -0.39 is 10.0 Å². The van der Waals surface area contributed by atoms with Gasteiger partial charge in [-0.3, -0.25) is 4.79 Å². The highest BCUT2D eigenvalue weighted by molar-refractivity contribution is 7.89. The summed E-state index contributed by atoms with van der Waals surface area (Å²) in [5.74, 6) is 0.379. The van der Waals surface area contributed by atoms with Gasteiger partial charge >= 0.3 is 0 Å². The summed E-state index contributed by atoms with van der Waals surface area (Å²) in [6.07, 6.45) is 2.95. The first-order valence-electron chi connectivity index (χ1n) is 7.95. The SMILES string of the molecule is CCCS(=O)(=O)N1CCC(NC(=O)C2CCNC2C)CC1. The summed E-state index contributed by atoms with van der Waals surface area (Å²) >= 11 is 0. The molecule has 1 amide bonds. The molecule has 0 aromatic rings. The minimum absolute atomic E-state index is 0.0480. The number of sulfonamides is 1. The van der Waals surface area contributed by atoms with Gasteiger partial charge in [0.05, 0.1) is 11.7 Å². The Morgan fingerprint density at radius 3 is 2.48 bits per heavy atom. The third-order valence-electron chi connectivity index (χ3n) is 4.52. The van der Waals surface area contributed by atoms with Gasteiger partial charge in [0.25, 0.3) is 0 Å². The molecule has 2 N–H and O–H groups in total. The Morgan fingerprint density at radius 2 is 1.95 bits per heavy atom. The Bertz CT molecular complexity index is 458. The average molecular weight is 317 g/mol. The molecular formula is C14H27N3O3S. The van der Waals surface area contributed by atoms with E-state index in [2.05, 4.69) is 10.6 Å². The van der Waals surface area contributed by atoms with Crippen LogP contribution in [0, 0.1) is 5.92 Å². The Kier molecular flexibility index (Phi) is 5.62. The van der Waals surface area contributed by atoms with Crippen LogP contribution in [0.5, 0.6) is 0 Å². The highest BCUT2D eigenvalue weighted by atomic mass is 32.2. The van der Waals surface area contributed by atoms with Gasteiger partial charge in [0.2, 0.25) is 15.9 Å². The van der Waals surface area contributed by atoms with E-state index in [9.17, 15) is 13.2 Å². The van der Waals surface area contributed by atoms with Crippen LogP contribution in [0.2, 0.25) is 0 Å². The van der Waals surface area contributed by atoms with Gasteiger partial charge in [-0.15, -0.1) is 0 Å². The molecule has 122 valence electrons. The van der Waals surface area contributed by atoms with Crippen molar-refractivity contribution in [2.45, 2.75) is 51.6 Å². The van der Waals surface area contributed by atoms with Crippen LogP contribution in [-0.2, 0) is 14.8 Å². The van der Waals surface area contributed by atoms with E-state index in [1.807, 2.05) is 13.8 Å². The number of hydrogen-bond acceptors (Lipinski definition) is 4. The molecule has 2 fully saturated rings. The van der Waals surface area contributed by atoms with E-state index >= 15 is 0 Å². The maximum absolute atomic E-state index is 12.2. The molecule has 2 atom stereocenters. The zero-order valence-corrected chi connectivity index (χ0v) is 13.8. The van der Waals surface area contributed by atoms with Gasteiger partial charge in [0.1, 0.15) is 0 Å². The van der Waals surface area contributed by atoms with Crippen molar-refractivity contribution in [2.24, 2.45) is 5.92 Å². The maximum atomic E-state index is 12.2. The number of rotatable bonds is 5. The zero-order chi connectivity index (χ0) is 15.5. The second-order valence-electron chi connectivity index (χ2n) is 6.14. The molecule has 0 aromatic carbocycles. The molecule has 21 heavy (non-hydrogen) atoms. The summed E-state index contributed by atoms with van der Waals surface area (Å²) in [7, 11) is -3.10. The predicted molar refractivity (Wildman–Crippen MR) is 82.4 cm³/mol. The van der Waals surface area contributed by atoms with Gasteiger partial charge in [-0.05, 0) is 39.2 Å². The molecule has 2 heterocycles. The molecular weight excluding hydrogens is 290 g/mol. The van der Waals surface area contributed by atoms with Crippen LogP contribution in [0.15, 0.2) is 0 Å². The highest BCUT2D eigenvalue weighted by Gasteiger charge is 2.32. The summed E-state index contributed by atoms with van der Waals surface area (Å²) in [4.78, 5) is 12.2. The molecule has 2 rings (SSSR count). The summed E-state index contributed by atoms with van der Waals surface area (Å²) < 4.78 is 25.6. The molecule has 2 unspecified atom stereocenters. The fourth-order valence-electron chi connectivity index (χ4n) is 3.19. The van der Waals surface area contributed by atoms with E-state index in [4.69, 9.17) is 0 Å². The minimum atomic E-state index is -3.10. The third kappa shape index (κ3) is 4.17. The molecule has 6 nitrogen and oxygen atoms in total. The Labute approximate surface area is 127 Å². The summed E-state index contributed by atoms with van der Waals surface area (Å²) in [5, 5.41) is 6.38. The van der Waals surface area contributed by atoms with E-state index in [1.165, 1.54) is 0 Å². The first kappa shape index (κ1) is 16.7. The van der Waals surface area contributed by atoms with Crippen LogP contribution in [0.3, 0.4) is 0 Å². The smallest absolute Gasteiger partial charge is 0.224 e. The lowest BCUT2D eigenvalue weighted by Crippen LogP contribution is -2.49. The first-order valence-corrected chi connectivity index (χ1v) is 9.56. The lowest BCUT2D eigenvalue weighted by molar-refractivity contribution is -0.126. The fraction of sp³-hybridized carbons (Fsp3) is 0.929. The van der Waals surface area contributed by atoms with Crippen molar-refractivity contribution in [3.8, 4) is 0 Å². The van der Waals surface area contributed by atoms with Gasteiger partial charge in [0, 0.05) is 25.2 Å². The Morgan fingerprint density at radius 1 is 1.29 bits per heavy atom. The van der Waals surface area contributed by atoms with Crippen LogP contribution >= 0.6 is 0 Å². The van der Waals surface area contributed by atoms with Crippen molar-refractivity contribution in [1.29, 1.82) is 0 Å². The number of nitrogens with one attached hydrogen (secondary N) is 2. The first-order chi connectivity index (χ1) is 9.94. The van der Waals surface area contributed by atoms with E-state index in [-0.39, 0.29) is 29.7 Å². The number of nitrogens with zero attached hydrogens (tertiary/aromatic N) is 1. The number of amides is 1. The van der Waals surface area contributed by atoms with Crippen molar-refractivity contribution >= 4 is 15.9 Å². The average Bonchev–Trinajstić information content (AvgIpc) is 2.85. The van der Waals surface area contributed by atoms with E-state index in [1.54, 1.807) is 4.31 Å². The lowest BCUT2D eigenvalue weighted by Gasteiger charge is -2.32. The van der Waals surface area contributed by atoms with Gasteiger partial charge in [-0.25, -0.2) is 12.7 Å². The summed E-state index contributed by atoms with van der Waals surface area (Å²) in [6.45, 7) is 5.85. The van der Waals surface area contributed by atoms with Crippen molar-refractivity contribution in [1.82, 2.24) is 14.9 Å². The van der Waals surface area contributed by atoms with Crippen LogP contribution in [0.4, 0.5) is 0 Å². The van der Waals surface area contributed by atoms with Crippen LogP contribution in [0.1, 0.15) is 39.5 Å². The molecule has 0 spiro atoms. The Balaban J connectivity index is 1.80. The monoisotopic (exact) mass is 317 g/mol. The molecule has 0 aromatic heterocycles. The molecule has 0 saturated carbocycles. The third-order valence-corrected chi connectivity index (χ3v) is 6.59. The van der Waals surface area contributed by atoms with Crippen molar-refractivity contribution in [3.63, 3.8) is 0 Å². The van der Waals surface area contributed by atoms with E-state index in [0.717, 1.165) is 13.0 Å². The molecule has 0 bridgehead atoms. The largest absolute Gasteiger partial charge is 0.353 e. The molecule has 7 heteroatoms. The summed E-state index contributed by atoms with van der Waals surface area (Å²) in [5.41, 5.74) is 0. The fourth-order valence-corrected chi connectivity index (χ4v) is 4.73. The summed E-state index contributed by atoms with van der Waals surface area (Å²) in [6, 6.07) is 0.341. The van der Waals surface area contributed by atoms with Crippen LogP contribution in [0.25, 0.3) is 0 Å². The molecule has 2 saturated heterocycles. The molecule has 0 aliphatic carbocycles. The lowest BCUT2D eigenvalue weighted by atomic mass is 9.99. The molecule has 0 radical (unpaired) electrons. The van der Waals surface area contributed by atoms with Gasteiger partial charge < -0.3 is 10.6 Å². The van der Waals surface area contributed by atoms with Crippen molar-refractivity contribution in [3.05, 3.63) is 0 Å². The molecule has 2 aliphatic rings. The van der Waals surface area contributed by atoms with Crippen molar-refractivity contribution in [2.75, 3.05) is 25.4 Å². The normalized spacial score (nSPS) is 28.7. The standard InChI is InChI=1S/C14H27N3O3S/c1-3-10-21(19,20)17-8-5-12(6-9-17)16-14(18)13-4-7-15-11(13)2/h11-13,15H,3-10H2,1-2H3,(H,16,18). The number of carbonyl (C=O) groups excluding carboxylic acids is 1. The zero-order valence-electron chi connectivity index (χ0n) is 13.0.